The number of phenolic OH excluding ortho intramolecular Hbond substituents is 1. The SMILES string of the molecule is C/C=C(\NC(=O)C(NC(=O)CNC(=O)C(C)(O)C(O)/C=C\C(C)=C/C(C)CC)[C@H](C)O)C(=O)NC(C(=O)NC1C(=O)NC(COC)C(=O)NCC(=O)N[C@@H](C)C(=O)N(C)C([C@@H](C)O)C(=O)NC(C(OC)c2ccc(O)cc2)C(=O)N2CCCCC2C(=O)OC1C(C)C)[C@@H](C)[C@@H](C)C(N)=O. The molecule has 1 aromatic carbocycles. The van der Waals surface area contributed by atoms with Crippen LogP contribution < -0.4 is 53.6 Å². The van der Waals surface area contributed by atoms with Gasteiger partial charge in [-0.05, 0) is 96.3 Å². The van der Waals surface area contributed by atoms with Crippen LogP contribution in [-0.4, -0.2) is 238 Å². The Labute approximate surface area is 575 Å². The van der Waals surface area contributed by atoms with Crippen LogP contribution in [0.15, 0.2) is 59.8 Å². The number of allylic oxidation sites excluding steroid dienone is 4. The molecule has 2 aliphatic heterocycles. The number of cyclic esters (lactones) is 1. The molecule has 552 valence electrons. The van der Waals surface area contributed by atoms with Crippen molar-refractivity contribution in [2.75, 3.05) is 47.5 Å². The number of carbonyl (C=O) groups is 13. The van der Waals surface area contributed by atoms with Gasteiger partial charge in [0.1, 0.15) is 78.1 Å². The minimum Gasteiger partial charge on any atom is -0.508 e. The molecule has 0 radical (unpaired) electrons. The van der Waals surface area contributed by atoms with E-state index < -0.39 is 204 Å². The Morgan fingerprint density at radius 3 is 2.05 bits per heavy atom. The fourth-order valence-electron chi connectivity index (χ4n) is 10.8. The summed E-state index contributed by atoms with van der Waals surface area (Å²) in [4.78, 5) is 186. The van der Waals surface area contributed by atoms with Gasteiger partial charge in [-0.25, -0.2) is 4.79 Å². The summed E-state index contributed by atoms with van der Waals surface area (Å²) in [5.74, 6) is -17.9. The van der Waals surface area contributed by atoms with Gasteiger partial charge in [0.25, 0.3) is 11.8 Å². The van der Waals surface area contributed by atoms with Gasteiger partial charge in [0.15, 0.2) is 5.60 Å². The van der Waals surface area contributed by atoms with Crippen molar-refractivity contribution in [1.82, 2.24) is 57.7 Å². The zero-order chi connectivity index (χ0) is 75.1. The summed E-state index contributed by atoms with van der Waals surface area (Å²) in [6.07, 6.45) is -1.18. The van der Waals surface area contributed by atoms with E-state index in [2.05, 4.69) is 47.9 Å². The van der Waals surface area contributed by atoms with Crippen molar-refractivity contribution in [3.63, 3.8) is 0 Å². The number of aliphatic hydroxyl groups is 4. The molecule has 12 unspecified atom stereocenters. The average molecular weight is 1400 g/mol. The highest BCUT2D eigenvalue weighted by molar-refractivity contribution is 6.03. The number of piperidine rings is 1. The number of hydrogen-bond acceptors (Lipinski definition) is 21. The third-order valence-corrected chi connectivity index (χ3v) is 17.2. The summed E-state index contributed by atoms with van der Waals surface area (Å²) in [6.45, 7) is 14.7. The number of ether oxygens (including phenoxy) is 3. The highest BCUT2D eigenvalue weighted by Gasteiger charge is 2.47. The number of methoxy groups -OCH3 is 2. The molecule has 2 saturated heterocycles. The predicted octanol–water partition coefficient (Wildman–Crippen LogP) is -3.12. The number of hydrogen-bond donors (Lipinski definition) is 15. The maximum Gasteiger partial charge on any atom is 0.329 e. The predicted molar refractivity (Wildman–Crippen MR) is 355 cm³/mol. The number of rotatable bonds is 26. The number of amides is 12. The molecule has 3 rings (SSSR count). The Balaban J connectivity index is 2.17. The molecule has 33 nitrogen and oxygen atoms in total. The van der Waals surface area contributed by atoms with Crippen molar-refractivity contribution in [3.05, 3.63) is 65.4 Å². The molecule has 1 aromatic rings. The number of aliphatic hydroxyl groups excluding tert-OH is 3. The highest BCUT2D eigenvalue weighted by Crippen LogP contribution is 2.29. The van der Waals surface area contributed by atoms with Gasteiger partial charge < -0.3 is 103 Å². The van der Waals surface area contributed by atoms with Crippen LogP contribution >= 0.6 is 0 Å². The monoisotopic (exact) mass is 1400 g/mol. The molecule has 12 amide bonds. The van der Waals surface area contributed by atoms with E-state index in [1.54, 1.807) is 6.92 Å². The number of nitrogens with two attached hydrogens (primary N) is 1. The van der Waals surface area contributed by atoms with E-state index in [9.17, 15) is 68.7 Å². The molecule has 0 bridgehead atoms. The van der Waals surface area contributed by atoms with E-state index in [1.165, 1.54) is 92.0 Å². The number of benzene rings is 1. The first-order valence-electron chi connectivity index (χ1n) is 32.6. The summed E-state index contributed by atoms with van der Waals surface area (Å²) < 4.78 is 17.3. The molecular weight excluding hydrogens is 1300 g/mol. The van der Waals surface area contributed by atoms with Crippen LogP contribution in [0.3, 0.4) is 0 Å². The number of aromatic hydroxyl groups is 1. The third kappa shape index (κ3) is 23.9. The second-order valence-electron chi connectivity index (χ2n) is 25.5. The molecule has 17 atom stereocenters. The Morgan fingerprint density at radius 1 is 0.859 bits per heavy atom. The number of nitrogens with one attached hydrogen (secondary N) is 9. The molecule has 16 N–H and O–H groups in total. The molecule has 2 aliphatic rings. The standard InChI is InChI=1S/C66H102N12O21/c1-16-33(5)28-34(6)21-26-45(82)66(12,96)65(95)69-30-47(84)73-49(38(10)79)59(89)71-42(17-2)57(87)74-48(35(7)36(8)55(67)85)58(88)75-50-53(32(3)4)99-64(94)44-20-18-19-27-78(44)63(93)51(54(98-15)40-22-24-41(81)25-23-40)76-61(91)52(39(11)80)77(13)62(92)37(9)70-46(83)29-68-56(86)43(31-97-14)72-60(50)90/h17,21-26,28,32-33,35-39,43-45,48-54,79-82,96H,16,18-20,27,29-31H2,1-15H3,(H2,67,85)(H,68,86)(H,69,95)(H,70,83)(H,71,89)(H,72,90)(H,73,84)(H,74,87)(H,75,88)(H,76,91)/b26-21-,34-28-,42-17-/t33?,35-,36+,37-,38-,39+,43?,44?,45?,48?,49?,50?,51?,52?,53?,54?,66?/m0/s1. The van der Waals surface area contributed by atoms with Gasteiger partial charge in [0, 0.05) is 33.7 Å². The summed E-state index contributed by atoms with van der Waals surface area (Å²) >= 11 is 0. The first-order chi connectivity index (χ1) is 46.3. The van der Waals surface area contributed by atoms with Gasteiger partial charge in [-0.3, -0.25) is 57.5 Å². The molecule has 0 spiro atoms. The Bertz CT molecular complexity index is 3140. The Kier molecular flexibility index (Phi) is 33.3. The highest BCUT2D eigenvalue weighted by atomic mass is 16.5. The van der Waals surface area contributed by atoms with Gasteiger partial charge >= 0.3 is 5.97 Å². The lowest BCUT2D eigenvalue weighted by atomic mass is 9.87. The average Bonchev–Trinajstić information content (AvgIpc) is 0.801. The van der Waals surface area contributed by atoms with Crippen LogP contribution in [0.4, 0.5) is 0 Å². The van der Waals surface area contributed by atoms with Gasteiger partial charge in [-0.15, -0.1) is 0 Å². The van der Waals surface area contributed by atoms with Crippen molar-refractivity contribution in [3.8, 4) is 5.75 Å². The van der Waals surface area contributed by atoms with Crippen molar-refractivity contribution >= 4 is 76.9 Å². The smallest absolute Gasteiger partial charge is 0.329 e. The molecule has 33 heteroatoms. The normalized spacial score (nSPS) is 24.1. The van der Waals surface area contributed by atoms with Gasteiger partial charge in [0.05, 0.1) is 31.9 Å². The molecule has 99 heavy (non-hydrogen) atoms. The van der Waals surface area contributed by atoms with Crippen molar-refractivity contribution < 1.29 is 102 Å². The van der Waals surface area contributed by atoms with Crippen LogP contribution in [0.5, 0.6) is 5.75 Å². The molecule has 0 aromatic heterocycles. The van der Waals surface area contributed by atoms with Crippen molar-refractivity contribution in [2.24, 2.45) is 29.4 Å². The van der Waals surface area contributed by atoms with E-state index in [1.807, 2.05) is 19.9 Å². The molecular formula is C66H102N12O21. The van der Waals surface area contributed by atoms with Crippen LogP contribution in [0, 0.1) is 23.7 Å². The van der Waals surface area contributed by atoms with Gasteiger partial charge in [-0.1, -0.05) is 90.0 Å². The van der Waals surface area contributed by atoms with Gasteiger partial charge in [-0.2, -0.15) is 0 Å². The maximum absolute atomic E-state index is 15.3. The lowest BCUT2D eigenvalue weighted by Gasteiger charge is -2.40. The topological polar surface area (TPSA) is 492 Å². The number of esters is 1. The number of carbonyl (C=O) groups excluding carboxylic acids is 13. The molecule has 0 aliphatic carbocycles. The summed E-state index contributed by atoms with van der Waals surface area (Å²) in [7, 11) is 3.54. The van der Waals surface area contributed by atoms with E-state index in [-0.39, 0.29) is 30.2 Å². The molecule has 2 fully saturated rings. The fourth-order valence-corrected chi connectivity index (χ4v) is 10.8. The largest absolute Gasteiger partial charge is 0.508 e. The van der Waals surface area contributed by atoms with Gasteiger partial charge in [0.2, 0.25) is 59.1 Å². The fraction of sp³-hybridized carbons (Fsp3) is 0.621. The van der Waals surface area contributed by atoms with Crippen molar-refractivity contribution in [2.45, 2.75) is 193 Å². The van der Waals surface area contributed by atoms with Crippen LogP contribution in [0.2, 0.25) is 0 Å². The zero-order valence-electron chi connectivity index (χ0n) is 58.8. The second-order valence-corrected chi connectivity index (χ2v) is 25.5. The van der Waals surface area contributed by atoms with E-state index in [0.29, 0.717) is 12.8 Å². The molecule has 0 saturated carbocycles. The molecule has 2 heterocycles. The first-order valence-corrected chi connectivity index (χ1v) is 32.6. The van der Waals surface area contributed by atoms with E-state index in [0.717, 1.165) is 55.9 Å². The second kappa shape index (κ2) is 39.0. The summed E-state index contributed by atoms with van der Waals surface area (Å²) in [6, 6.07) is -8.70. The quantitative estimate of drug-likeness (QED) is 0.0248. The lowest BCUT2D eigenvalue weighted by molar-refractivity contribution is -0.168. The first kappa shape index (κ1) is 84.3. The summed E-state index contributed by atoms with van der Waals surface area (Å²) in [5, 5.41) is 75.0. The number of primary amides is 1. The van der Waals surface area contributed by atoms with Crippen LogP contribution in [-0.2, 0) is 76.5 Å². The van der Waals surface area contributed by atoms with Crippen LogP contribution in [0.25, 0.3) is 0 Å². The lowest BCUT2D eigenvalue weighted by Crippen LogP contribution is -2.64. The van der Waals surface area contributed by atoms with E-state index in [4.69, 9.17) is 19.9 Å². The maximum atomic E-state index is 15.3. The number of phenols is 1. The summed E-state index contributed by atoms with van der Waals surface area (Å²) in [5.41, 5.74) is 3.64. The minimum atomic E-state index is -2.45. The van der Waals surface area contributed by atoms with E-state index >= 15 is 19.2 Å². The minimum absolute atomic E-state index is 0.0856. The number of likely N-dealkylation sites (N-methyl/N-ethyl adjacent to an activating group) is 1. The Morgan fingerprint density at radius 2 is 1.49 bits per heavy atom. The zero-order valence-corrected chi connectivity index (χ0v) is 58.8. The third-order valence-electron chi connectivity index (χ3n) is 17.2. The number of nitrogens with zero attached hydrogens (tertiary/aromatic N) is 2. The number of fused-ring (bicyclic) bond motifs is 1. The Hall–Kier alpha value is -8.89. The van der Waals surface area contributed by atoms with Crippen molar-refractivity contribution in [1.29, 1.82) is 0 Å². The van der Waals surface area contributed by atoms with Crippen LogP contribution in [0.1, 0.15) is 120 Å².